The zero-order chi connectivity index (χ0) is 25.1. The van der Waals surface area contributed by atoms with Crippen LogP contribution in [-0.4, -0.2) is 37.8 Å². The van der Waals surface area contributed by atoms with Crippen LogP contribution in [0, 0.1) is 0 Å². The summed E-state index contributed by atoms with van der Waals surface area (Å²) >= 11 is 1.31. The summed E-state index contributed by atoms with van der Waals surface area (Å²) in [7, 11) is 2.96. The molecule has 8 heteroatoms. The molecule has 0 spiro atoms. The number of ether oxygens (including phenoxy) is 2. The molecular weight excluding hydrogens is 462 g/mol. The molecule has 0 radical (unpaired) electrons. The topological polar surface area (TPSA) is 73.1 Å². The molecule has 4 rings (SSSR count). The predicted molar refractivity (Wildman–Crippen MR) is 139 cm³/mol. The number of allylic oxidation sites excluding steroid dienone is 1. The number of anilines is 1. The van der Waals surface area contributed by atoms with Gasteiger partial charge in [-0.1, -0.05) is 35.6 Å². The van der Waals surface area contributed by atoms with Crippen molar-refractivity contribution in [2.24, 2.45) is 4.99 Å². The summed E-state index contributed by atoms with van der Waals surface area (Å²) in [5, 5.41) is 0. The standard InChI is InChI=1S/C27H29N3O4S/c1-6-29(7-2)20-12-10-19(11-13-20)24-23(26(32)34-5)17(3)28-27-30(24)25(31)22(35-27)16-18-8-14-21(33-4)15-9-18/h8-16,24H,6-7H2,1-5H3/b22-16+/t24-/m0/s1. The molecule has 0 bridgehead atoms. The average Bonchev–Trinajstić information content (AvgIpc) is 3.18. The Morgan fingerprint density at radius 3 is 2.31 bits per heavy atom. The number of thiazole rings is 1. The van der Waals surface area contributed by atoms with Crippen LogP contribution in [0.25, 0.3) is 6.08 Å². The molecule has 0 saturated heterocycles. The van der Waals surface area contributed by atoms with Crippen molar-refractivity contribution in [2.45, 2.75) is 26.8 Å². The van der Waals surface area contributed by atoms with E-state index >= 15 is 0 Å². The highest BCUT2D eigenvalue weighted by atomic mass is 32.1. The first-order valence-corrected chi connectivity index (χ1v) is 12.3. The van der Waals surface area contributed by atoms with Crippen LogP contribution in [0.4, 0.5) is 5.69 Å². The van der Waals surface area contributed by atoms with Gasteiger partial charge in [0.25, 0.3) is 5.56 Å². The normalized spacial score (nSPS) is 15.5. The van der Waals surface area contributed by atoms with E-state index in [4.69, 9.17) is 9.47 Å². The lowest BCUT2D eigenvalue weighted by molar-refractivity contribution is -0.136. The second-order valence-corrected chi connectivity index (χ2v) is 9.12. The van der Waals surface area contributed by atoms with Crippen molar-refractivity contribution in [2.75, 3.05) is 32.2 Å². The lowest BCUT2D eigenvalue weighted by Crippen LogP contribution is -2.39. The van der Waals surface area contributed by atoms with Crippen LogP contribution in [0.2, 0.25) is 0 Å². The maximum Gasteiger partial charge on any atom is 0.338 e. The van der Waals surface area contributed by atoms with E-state index in [0.717, 1.165) is 35.7 Å². The molecule has 1 aromatic heterocycles. The molecule has 1 aliphatic heterocycles. The molecule has 0 N–H and O–H groups in total. The fourth-order valence-corrected chi connectivity index (χ4v) is 5.36. The van der Waals surface area contributed by atoms with E-state index in [9.17, 15) is 9.59 Å². The number of esters is 1. The Labute approximate surface area is 208 Å². The number of hydrogen-bond acceptors (Lipinski definition) is 7. The number of nitrogens with zero attached hydrogens (tertiary/aromatic N) is 3. The van der Waals surface area contributed by atoms with Crippen LogP contribution in [0.3, 0.4) is 0 Å². The molecule has 0 aliphatic carbocycles. The Kier molecular flexibility index (Phi) is 7.21. The number of rotatable bonds is 7. The van der Waals surface area contributed by atoms with Crippen molar-refractivity contribution in [1.29, 1.82) is 0 Å². The Balaban J connectivity index is 1.88. The maximum absolute atomic E-state index is 13.6. The summed E-state index contributed by atoms with van der Waals surface area (Å²) in [5.41, 5.74) is 3.51. The fraction of sp³-hybridized carbons (Fsp3) is 0.296. The van der Waals surface area contributed by atoms with Crippen molar-refractivity contribution in [1.82, 2.24) is 4.57 Å². The second-order valence-electron chi connectivity index (χ2n) is 8.11. The van der Waals surface area contributed by atoms with Gasteiger partial charge in [-0.25, -0.2) is 9.79 Å². The van der Waals surface area contributed by atoms with Gasteiger partial charge in [-0.3, -0.25) is 9.36 Å². The third-order valence-corrected chi connectivity index (χ3v) is 7.16. The average molecular weight is 492 g/mol. The van der Waals surface area contributed by atoms with Gasteiger partial charge in [-0.05, 0) is 62.2 Å². The van der Waals surface area contributed by atoms with Crippen molar-refractivity contribution >= 4 is 29.1 Å². The summed E-state index contributed by atoms with van der Waals surface area (Å²) in [6, 6.07) is 14.9. The molecule has 0 saturated carbocycles. The molecule has 1 atom stereocenters. The third kappa shape index (κ3) is 4.66. The lowest BCUT2D eigenvalue weighted by atomic mass is 9.95. The maximum atomic E-state index is 13.6. The Morgan fingerprint density at radius 2 is 1.74 bits per heavy atom. The Hall–Kier alpha value is -3.65. The molecule has 1 aliphatic rings. The van der Waals surface area contributed by atoms with E-state index in [1.807, 2.05) is 54.6 Å². The molecule has 182 valence electrons. The quantitative estimate of drug-likeness (QED) is 0.475. The molecule has 0 amide bonds. The molecule has 3 aromatic rings. The highest BCUT2D eigenvalue weighted by Crippen LogP contribution is 2.31. The van der Waals surface area contributed by atoms with Gasteiger partial charge in [0.1, 0.15) is 5.75 Å². The van der Waals surface area contributed by atoms with Gasteiger partial charge in [0, 0.05) is 18.8 Å². The van der Waals surface area contributed by atoms with E-state index in [0.29, 0.717) is 20.6 Å². The largest absolute Gasteiger partial charge is 0.497 e. The van der Waals surface area contributed by atoms with E-state index in [1.165, 1.54) is 18.4 Å². The van der Waals surface area contributed by atoms with Crippen LogP contribution in [-0.2, 0) is 9.53 Å². The summed E-state index contributed by atoms with van der Waals surface area (Å²) < 4.78 is 12.5. The molecule has 7 nitrogen and oxygen atoms in total. The highest BCUT2D eigenvalue weighted by Gasteiger charge is 2.33. The van der Waals surface area contributed by atoms with Crippen LogP contribution in [0.5, 0.6) is 5.75 Å². The van der Waals surface area contributed by atoms with Gasteiger partial charge in [-0.15, -0.1) is 0 Å². The number of carbonyl (C=O) groups is 1. The van der Waals surface area contributed by atoms with E-state index in [-0.39, 0.29) is 5.56 Å². The van der Waals surface area contributed by atoms with Crippen molar-refractivity contribution in [3.8, 4) is 5.75 Å². The van der Waals surface area contributed by atoms with Gasteiger partial charge in [0.15, 0.2) is 4.80 Å². The van der Waals surface area contributed by atoms with Gasteiger partial charge in [-0.2, -0.15) is 0 Å². The summed E-state index contributed by atoms with van der Waals surface area (Å²) in [6.07, 6.45) is 1.83. The van der Waals surface area contributed by atoms with Crippen LogP contribution in [0.15, 0.2) is 69.6 Å². The minimum absolute atomic E-state index is 0.198. The first-order valence-electron chi connectivity index (χ1n) is 11.5. The Bertz CT molecular complexity index is 1430. The third-order valence-electron chi connectivity index (χ3n) is 6.18. The summed E-state index contributed by atoms with van der Waals surface area (Å²) in [4.78, 5) is 33.9. The van der Waals surface area contributed by atoms with E-state index < -0.39 is 12.0 Å². The number of benzene rings is 2. The van der Waals surface area contributed by atoms with E-state index in [1.54, 1.807) is 18.6 Å². The number of carbonyl (C=O) groups excluding carboxylic acids is 1. The number of hydrogen-bond donors (Lipinski definition) is 0. The molecule has 0 unspecified atom stereocenters. The van der Waals surface area contributed by atoms with Crippen molar-refractivity contribution in [3.05, 3.63) is 90.6 Å². The number of aromatic nitrogens is 1. The first kappa shape index (κ1) is 24.5. The van der Waals surface area contributed by atoms with Gasteiger partial charge in [0.05, 0.1) is 36.1 Å². The van der Waals surface area contributed by atoms with Gasteiger partial charge >= 0.3 is 5.97 Å². The molecule has 35 heavy (non-hydrogen) atoms. The van der Waals surface area contributed by atoms with Gasteiger partial charge in [0.2, 0.25) is 0 Å². The minimum atomic E-state index is -0.623. The Morgan fingerprint density at radius 1 is 1.09 bits per heavy atom. The zero-order valence-electron chi connectivity index (χ0n) is 20.6. The SMILES string of the molecule is CCN(CC)c1ccc([C@H]2C(C(=O)OC)=C(C)N=c3s/c(=C/c4ccc(OC)cc4)c(=O)n32)cc1. The highest BCUT2D eigenvalue weighted by molar-refractivity contribution is 7.07. The minimum Gasteiger partial charge on any atom is -0.497 e. The molecular formula is C27H29N3O4S. The van der Waals surface area contributed by atoms with Crippen molar-refractivity contribution < 1.29 is 14.3 Å². The number of fused-ring (bicyclic) bond motifs is 1. The van der Waals surface area contributed by atoms with Crippen LogP contribution < -0.4 is 24.5 Å². The van der Waals surface area contributed by atoms with Crippen molar-refractivity contribution in [3.63, 3.8) is 0 Å². The summed E-state index contributed by atoms with van der Waals surface area (Å²) in [5.74, 6) is 0.253. The van der Waals surface area contributed by atoms with Crippen LogP contribution in [0.1, 0.15) is 37.9 Å². The van der Waals surface area contributed by atoms with Crippen LogP contribution >= 0.6 is 11.3 Å². The predicted octanol–water partition coefficient (Wildman–Crippen LogP) is 3.26. The first-order chi connectivity index (χ1) is 16.9. The number of methoxy groups -OCH3 is 2. The molecule has 2 heterocycles. The zero-order valence-corrected chi connectivity index (χ0v) is 21.4. The molecule has 0 fully saturated rings. The summed E-state index contributed by atoms with van der Waals surface area (Å²) in [6.45, 7) is 7.79. The monoisotopic (exact) mass is 491 g/mol. The second kappa shape index (κ2) is 10.3. The van der Waals surface area contributed by atoms with Gasteiger partial charge < -0.3 is 14.4 Å². The van der Waals surface area contributed by atoms with E-state index in [2.05, 4.69) is 23.7 Å². The fourth-order valence-electron chi connectivity index (χ4n) is 4.32. The smallest absolute Gasteiger partial charge is 0.338 e. The molecule has 2 aromatic carbocycles. The lowest BCUT2D eigenvalue weighted by Gasteiger charge is -2.26.